The van der Waals surface area contributed by atoms with Gasteiger partial charge in [-0.2, -0.15) is 0 Å². The minimum atomic E-state index is 1.16. The number of hydrogen-bond donors (Lipinski definition) is 0. The first-order valence-corrected chi connectivity index (χ1v) is 17.2. The van der Waals surface area contributed by atoms with E-state index >= 15 is 0 Å². The summed E-state index contributed by atoms with van der Waals surface area (Å²) < 4.78 is 4.81. The molecule has 0 unspecified atom stereocenters. The first-order chi connectivity index (χ1) is 24.8. The first-order valence-electron chi connectivity index (χ1n) is 17.2. The van der Waals surface area contributed by atoms with E-state index in [1.807, 2.05) is 0 Å². The predicted octanol–water partition coefficient (Wildman–Crippen LogP) is 12.9. The van der Waals surface area contributed by atoms with Crippen molar-refractivity contribution < 1.29 is 0 Å². The third-order valence-corrected chi connectivity index (χ3v) is 10.1. The molecule has 0 aliphatic carbocycles. The van der Waals surface area contributed by atoms with E-state index < -0.39 is 0 Å². The van der Waals surface area contributed by atoms with Crippen molar-refractivity contribution in [2.24, 2.45) is 0 Å². The van der Waals surface area contributed by atoms with E-state index in [2.05, 4.69) is 203 Å². The number of rotatable bonds is 5. The van der Waals surface area contributed by atoms with Crippen LogP contribution in [0, 0.1) is 0 Å². The molecule has 0 fully saturated rings. The Bertz CT molecular complexity index is 2840. The molecule has 0 N–H and O–H groups in total. The Labute approximate surface area is 290 Å². The second-order valence-electron chi connectivity index (χ2n) is 13.0. The van der Waals surface area contributed by atoms with Gasteiger partial charge >= 0.3 is 0 Å². The van der Waals surface area contributed by atoms with Crippen LogP contribution in [-0.4, -0.2) is 9.13 Å². The molecule has 0 amide bonds. The fourth-order valence-corrected chi connectivity index (χ4v) is 7.85. The van der Waals surface area contributed by atoms with Gasteiger partial charge in [-0.3, -0.25) is 0 Å². The monoisotopic (exact) mass is 636 g/mol. The van der Waals surface area contributed by atoms with E-state index in [0.29, 0.717) is 0 Å². The second-order valence-corrected chi connectivity index (χ2v) is 13.0. The molecule has 2 heterocycles. The van der Waals surface area contributed by atoms with Crippen molar-refractivity contribution in [1.82, 2.24) is 9.13 Å². The molecule has 0 saturated heterocycles. The lowest BCUT2D eigenvalue weighted by Gasteiger charge is -2.15. The van der Waals surface area contributed by atoms with Crippen LogP contribution in [0.1, 0.15) is 0 Å². The first kappa shape index (κ1) is 28.4. The molecule has 10 aromatic rings. The molecular weight excluding hydrogens is 605 g/mol. The number of fused-ring (bicyclic) bond motifs is 6. The van der Waals surface area contributed by atoms with Crippen LogP contribution in [0.5, 0.6) is 0 Å². The molecule has 50 heavy (non-hydrogen) atoms. The van der Waals surface area contributed by atoms with Crippen LogP contribution >= 0.6 is 0 Å². The summed E-state index contributed by atoms with van der Waals surface area (Å²) in [5, 5.41) is 5.02. The van der Waals surface area contributed by atoms with Gasteiger partial charge in [-0.05, 0) is 94.5 Å². The van der Waals surface area contributed by atoms with Gasteiger partial charge in [-0.15, -0.1) is 0 Å². The standard InChI is InChI=1S/C48H32N2/c1-4-15-33(16-5-1)35-29-36(34-27-28-47-44(32-34)42-22-11-12-25-45(42)49(47)38-17-6-2-7-18-38)31-37(30-35)40-23-14-24-43-41-21-10-13-26-46(41)50(48(40)43)39-19-8-3-9-20-39/h1-32H. The zero-order valence-electron chi connectivity index (χ0n) is 27.4. The Morgan fingerprint density at radius 1 is 0.260 bits per heavy atom. The van der Waals surface area contributed by atoms with Crippen LogP contribution in [0.2, 0.25) is 0 Å². The summed E-state index contributed by atoms with van der Waals surface area (Å²) in [6.45, 7) is 0. The van der Waals surface area contributed by atoms with Gasteiger partial charge in [0, 0.05) is 38.5 Å². The summed E-state index contributed by atoms with van der Waals surface area (Å²) in [5.74, 6) is 0. The number of hydrogen-bond acceptors (Lipinski definition) is 0. The Morgan fingerprint density at radius 3 is 1.46 bits per heavy atom. The Morgan fingerprint density at radius 2 is 0.760 bits per heavy atom. The maximum atomic E-state index is 2.43. The van der Waals surface area contributed by atoms with Gasteiger partial charge in [0.05, 0.1) is 22.1 Å². The quantitative estimate of drug-likeness (QED) is 0.178. The molecule has 8 aromatic carbocycles. The largest absolute Gasteiger partial charge is 0.309 e. The van der Waals surface area contributed by atoms with Gasteiger partial charge < -0.3 is 9.13 Å². The van der Waals surface area contributed by atoms with Crippen LogP contribution in [0.15, 0.2) is 194 Å². The molecule has 0 spiro atoms. The van der Waals surface area contributed by atoms with E-state index in [0.717, 1.165) is 5.69 Å². The molecule has 0 aliphatic heterocycles. The maximum absolute atomic E-state index is 2.43. The highest BCUT2D eigenvalue weighted by Crippen LogP contribution is 2.42. The van der Waals surface area contributed by atoms with Gasteiger partial charge in [0.15, 0.2) is 0 Å². The molecule has 0 aliphatic rings. The minimum Gasteiger partial charge on any atom is -0.309 e. The molecule has 2 nitrogen and oxygen atoms in total. The van der Waals surface area contributed by atoms with Gasteiger partial charge in [-0.1, -0.05) is 127 Å². The van der Waals surface area contributed by atoms with Crippen molar-refractivity contribution in [3.05, 3.63) is 194 Å². The smallest absolute Gasteiger partial charge is 0.0619 e. The molecule has 2 heteroatoms. The summed E-state index contributed by atoms with van der Waals surface area (Å²) in [5.41, 5.74) is 14.4. The number of aromatic nitrogens is 2. The van der Waals surface area contributed by atoms with E-state index in [4.69, 9.17) is 0 Å². The predicted molar refractivity (Wildman–Crippen MR) is 211 cm³/mol. The lowest BCUT2D eigenvalue weighted by molar-refractivity contribution is 1.18. The molecule has 10 rings (SSSR count). The summed E-state index contributed by atoms with van der Waals surface area (Å²) >= 11 is 0. The number of nitrogens with zero attached hydrogens (tertiary/aromatic N) is 2. The van der Waals surface area contributed by atoms with Crippen molar-refractivity contribution in [2.45, 2.75) is 0 Å². The van der Waals surface area contributed by atoms with Crippen molar-refractivity contribution in [3.8, 4) is 44.8 Å². The molecule has 234 valence electrons. The highest BCUT2D eigenvalue weighted by molar-refractivity contribution is 6.14. The summed E-state index contributed by atoms with van der Waals surface area (Å²) in [4.78, 5) is 0. The van der Waals surface area contributed by atoms with E-state index in [1.165, 1.54) is 82.7 Å². The Balaban J connectivity index is 1.24. The van der Waals surface area contributed by atoms with Crippen LogP contribution in [0.3, 0.4) is 0 Å². The summed E-state index contributed by atoms with van der Waals surface area (Å²) in [6.07, 6.45) is 0. The van der Waals surface area contributed by atoms with Gasteiger partial charge in [-0.25, -0.2) is 0 Å². The normalized spacial score (nSPS) is 11.6. The van der Waals surface area contributed by atoms with E-state index in [1.54, 1.807) is 0 Å². The SMILES string of the molecule is c1ccc(-c2cc(-c3ccc4c(c3)c3ccccc3n4-c3ccccc3)cc(-c3cccc4c5ccccc5n(-c5ccccc5)c34)c2)cc1. The minimum absolute atomic E-state index is 1.16. The average Bonchev–Trinajstić information content (AvgIpc) is 3.71. The number of benzene rings is 8. The average molecular weight is 637 g/mol. The topological polar surface area (TPSA) is 9.86 Å². The highest BCUT2D eigenvalue weighted by atomic mass is 15.0. The van der Waals surface area contributed by atoms with Crippen molar-refractivity contribution >= 4 is 43.6 Å². The van der Waals surface area contributed by atoms with Crippen molar-refractivity contribution in [1.29, 1.82) is 0 Å². The lowest BCUT2D eigenvalue weighted by atomic mass is 9.92. The van der Waals surface area contributed by atoms with Gasteiger partial charge in [0.1, 0.15) is 0 Å². The van der Waals surface area contributed by atoms with Crippen molar-refractivity contribution in [3.63, 3.8) is 0 Å². The van der Waals surface area contributed by atoms with Gasteiger partial charge in [0.25, 0.3) is 0 Å². The molecular formula is C48H32N2. The third kappa shape index (κ3) is 4.50. The second kappa shape index (κ2) is 11.5. The van der Waals surface area contributed by atoms with Crippen molar-refractivity contribution in [2.75, 3.05) is 0 Å². The van der Waals surface area contributed by atoms with Crippen LogP contribution in [-0.2, 0) is 0 Å². The zero-order chi connectivity index (χ0) is 33.0. The van der Waals surface area contributed by atoms with Crippen LogP contribution in [0.4, 0.5) is 0 Å². The lowest BCUT2D eigenvalue weighted by Crippen LogP contribution is -1.95. The fraction of sp³-hybridized carbons (Fsp3) is 0. The summed E-state index contributed by atoms with van der Waals surface area (Å²) in [7, 11) is 0. The molecule has 0 saturated carbocycles. The van der Waals surface area contributed by atoms with Gasteiger partial charge in [0.2, 0.25) is 0 Å². The molecule has 0 bridgehead atoms. The van der Waals surface area contributed by atoms with Crippen LogP contribution in [0.25, 0.3) is 88.4 Å². The highest BCUT2D eigenvalue weighted by Gasteiger charge is 2.18. The third-order valence-electron chi connectivity index (χ3n) is 10.1. The van der Waals surface area contributed by atoms with Crippen LogP contribution < -0.4 is 0 Å². The molecule has 2 aromatic heterocycles. The Hall–Kier alpha value is -6.64. The summed E-state index contributed by atoms with van der Waals surface area (Å²) in [6, 6.07) is 70.5. The Kier molecular flexibility index (Phi) is 6.53. The molecule has 0 atom stereocenters. The fourth-order valence-electron chi connectivity index (χ4n) is 7.85. The number of para-hydroxylation sites is 5. The van der Waals surface area contributed by atoms with E-state index in [-0.39, 0.29) is 0 Å². The maximum Gasteiger partial charge on any atom is 0.0619 e. The molecule has 0 radical (unpaired) electrons. The van der Waals surface area contributed by atoms with E-state index in [9.17, 15) is 0 Å². The zero-order valence-corrected chi connectivity index (χ0v) is 27.4.